The fourth-order valence-corrected chi connectivity index (χ4v) is 3.05. The van der Waals surface area contributed by atoms with Gasteiger partial charge in [0.2, 0.25) is 0 Å². The second-order valence-electron chi connectivity index (χ2n) is 5.22. The first-order chi connectivity index (χ1) is 8.25. The minimum Gasteiger partial charge on any atom is -0.393 e. The highest BCUT2D eigenvalue weighted by atomic mass is 16.3. The van der Waals surface area contributed by atoms with E-state index in [1.54, 1.807) is 0 Å². The maximum Gasteiger partial charge on any atom is 0.0571 e. The lowest BCUT2D eigenvalue weighted by Gasteiger charge is -2.18. The van der Waals surface area contributed by atoms with E-state index in [2.05, 4.69) is 49.4 Å². The van der Waals surface area contributed by atoms with Crippen molar-refractivity contribution in [3.05, 3.63) is 48.0 Å². The Balaban J connectivity index is 2.01. The van der Waals surface area contributed by atoms with Crippen LogP contribution in [0.3, 0.4) is 0 Å². The molecule has 0 aliphatic heterocycles. The Bertz CT molecular complexity index is 532. The van der Waals surface area contributed by atoms with Crippen molar-refractivity contribution < 1.29 is 5.11 Å². The maximum absolute atomic E-state index is 9.84. The van der Waals surface area contributed by atoms with E-state index in [9.17, 15) is 5.11 Å². The number of rotatable bonds is 1. The molecule has 88 valence electrons. The van der Waals surface area contributed by atoms with Crippen LogP contribution in [-0.2, 0) is 0 Å². The summed E-state index contributed by atoms with van der Waals surface area (Å²) < 4.78 is 0. The van der Waals surface area contributed by atoms with Gasteiger partial charge in [0.15, 0.2) is 0 Å². The summed E-state index contributed by atoms with van der Waals surface area (Å²) in [5.74, 6) is 0.908. The van der Waals surface area contributed by atoms with Crippen molar-refractivity contribution >= 4 is 10.8 Å². The van der Waals surface area contributed by atoms with Gasteiger partial charge in [-0.1, -0.05) is 49.4 Å². The van der Waals surface area contributed by atoms with Crippen molar-refractivity contribution in [1.82, 2.24) is 0 Å². The summed E-state index contributed by atoms with van der Waals surface area (Å²) in [6.45, 7) is 2.16. The van der Waals surface area contributed by atoms with Crippen LogP contribution in [0.2, 0.25) is 0 Å². The summed E-state index contributed by atoms with van der Waals surface area (Å²) in [5, 5.41) is 12.4. The van der Waals surface area contributed by atoms with E-state index in [0.717, 1.165) is 12.8 Å². The Kier molecular flexibility index (Phi) is 2.64. The Labute approximate surface area is 102 Å². The molecule has 3 atom stereocenters. The number of hydrogen-bond acceptors (Lipinski definition) is 1. The van der Waals surface area contributed by atoms with Gasteiger partial charge in [-0.2, -0.15) is 0 Å². The van der Waals surface area contributed by atoms with Gasteiger partial charge in [-0.05, 0) is 41.0 Å². The lowest BCUT2D eigenvalue weighted by Crippen LogP contribution is -2.13. The Morgan fingerprint density at radius 3 is 2.47 bits per heavy atom. The van der Waals surface area contributed by atoms with E-state index in [1.807, 2.05) is 0 Å². The highest BCUT2D eigenvalue weighted by molar-refractivity contribution is 5.83. The van der Waals surface area contributed by atoms with Crippen LogP contribution in [0.1, 0.15) is 31.2 Å². The zero-order chi connectivity index (χ0) is 11.8. The molecule has 1 heteroatoms. The molecule has 0 saturated heterocycles. The van der Waals surface area contributed by atoms with Crippen molar-refractivity contribution in [2.24, 2.45) is 5.92 Å². The molecular formula is C16H18O. The van der Waals surface area contributed by atoms with E-state index < -0.39 is 0 Å². The molecule has 0 radical (unpaired) electrons. The molecule has 2 aromatic rings. The van der Waals surface area contributed by atoms with Crippen LogP contribution < -0.4 is 0 Å². The second kappa shape index (κ2) is 4.15. The number of aliphatic hydroxyl groups is 1. The molecule has 3 rings (SSSR count). The third-order valence-corrected chi connectivity index (χ3v) is 4.22. The van der Waals surface area contributed by atoms with Gasteiger partial charge < -0.3 is 5.11 Å². The quantitative estimate of drug-likeness (QED) is 0.785. The second-order valence-corrected chi connectivity index (χ2v) is 5.22. The van der Waals surface area contributed by atoms with Gasteiger partial charge in [-0.25, -0.2) is 0 Å². The normalized spacial score (nSPS) is 28.7. The first-order valence-corrected chi connectivity index (χ1v) is 6.42. The first kappa shape index (κ1) is 10.8. The number of benzene rings is 2. The van der Waals surface area contributed by atoms with Crippen molar-refractivity contribution in [3.63, 3.8) is 0 Å². The third-order valence-electron chi connectivity index (χ3n) is 4.22. The molecule has 17 heavy (non-hydrogen) atoms. The standard InChI is InChI=1S/C16H18O/c1-11-15(8-9-16(11)17)14-7-6-12-4-2-3-5-13(12)10-14/h2-7,10-11,15-17H,8-9H2,1H3. The molecule has 1 nitrogen and oxygen atoms in total. The zero-order valence-corrected chi connectivity index (χ0v) is 10.1. The Morgan fingerprint density at radius 1 is 1.00 bits per heavy atom. The maximum atomic E-state index is 9.84. The summed E-state index contributed by atoms with van der Waals surface area (Å²) >= 11 is 0. The largest absolute Gasteiger partial charge is 0.393 e. The summed E-state index contributed by atoms with van der Waals surface area (Å²) in [4.78, 5) is 0. The van der Waals surface area contributed by atoms with Crippen LogP contribution in [-0.4, -0.2) is 11.2 Å². The minimum atomic E-state index is -0.119. The molecular weight excluding hydrogens is 208 g/mol. The summed E-state index contributed by atoms with van der Waals surface area (Å²) in [7, 11) is 0. The third kappa shape index (κ3) is 1.85. The van der Waals surface area contributed by atoms with Gasteiger partial charge in [0.05, 0.1) is 6.10 Å². The van der Waals surface area contributed by atoms with Gasteiger partial charge in [0.1, 0.15) is 0 Å². The molecule has 2 aromatic carbocycles. The fourth-order valence-electron chi connectivity index (χ4n) is 3.05. The summed E-state index contributed by atoms with van der Waals surface area (Å²) in [6.07, 6.45) is 1.94. The zero-order valence-electron chi connectivity index (χ0n) is 10.1. The molecule has 0 bridgehead atoms. The summed E-state index contributed by atoms with van der Waals surface area (Å²) in [6, 6.07) is 15.2. The highest BCUT2D eigenvalue weighted by Crippen LogP contribution is 2.40. The van der Waals surface area contributed by atoms with Crippen LogP contribution in [0.15, 0.2) is 42.5 Å². The van der Waals surface area contributed by atoms with Crippen LogP contribution in [0.5, 0.6) is 0 Å². The lowest BCUT2D eigenvalue weighted by molar-refractivity contribution is 0.136. The molecule has 3 unspecified atom stereocenters. The van der Waals surface area contributed by atoms with Crippen molar-refractivity contribution in [1.29, 1.82) is 0 Å². The van der Waals surface area contributed by atoms with Crippen molar-refractivity contribution in [3.8, 4) is 0 Å². The van der Waals surface area contributed by atoms with Gasteiger partial charge in [-0.15, -0.1) is 0 Å². The first-order valence-electron chi connectivity index (χ1n) is 6.42. The lowest BCUT2D eigenvalue weighted by atomic mass is 9.88. The van der Waals surface area contributed by atoms with E-state index in [0.29, 0.717) is 11.8 Å². The number of fused-ring (bicyclic) bond motifs is 1. The minimum absolute atomic E-state index is 0.119. The summed E-state index contributed by atoms with van der Waals surface area (Å²) in [5.41, 5.74) is 1.38. The Morgan fingerprint density at radius 2 is 1.76 bits per heavy atom. The Hall–Kier alpha value is -1.34. The topological polar surface area (TPSA) is 20.2 Å². The molecule has 1 aliphatic carbocycles. The molecule has 1 N–H and O–H groups in total. The van der Waals surface area contributed by atoms with Gasteiger partial charge >= 0.3 is 0 Å². The number of hydrogen-bond donors (Lipinski definition) is 1. The molecule has 1 saturated carbocycles. The van der Waals surface area contributed by atoms with Crippen LogP contribution in [0.4, 0.5) is 0 Å². The van der Waals surface area contributed by atoms with Crippen molar-refractivity contribution in [2.45, 2.75) is 31.8 Å². The molecule has 0 spiro atoms. The van der Waals surface area contributed by atoms with E-state index in [1.165, 1.54) is 16.3 Å². The van der Waals surface area contributed by atoms with Crippen LogP contribution in [0, 0.1) is 5.92 Å². The molecule has 0 heterocycles. The van der Waals surface area contributed by atoms with Gasteiger partial charge in [0, 0.05) is 0 Å². The molecule has 0 amide bonds. The van der Waals surface area contributed by atoms with Crippen LogP contribution >= 0.6 is 0 Å². The highest BCUT2D eigenvalue weighted by Gasteiger charge is 2.32. The molecule has 0 aromatic heterocycles. The van der Waals surface area contributed by atoms with E-state index in [4.69, 9.17) is 0 Å². The number of aliphatic hydroxyl groups excluding tert-OH is 1. The predicted molar refractivity (Wildman–Crippen MR) is 71.1 cm³/mol. The van der Waals surface area contributed by atoms with Gasteiger partial charge in [0.25, 0.3) is 0 Å². The smallest absolute Gasteiger partial charge is 0.0571 e. The van der Waals surface area contributed by atoms with Gasteiger partial charge in [-0.3, -0.25) is 0 Å². The monoisotopic (exact) mass is 226 g/mol. The van der Waals surface area contributed by atoms with Crippen molar-refractivity contribution in [2.75, 3.05) is 0 Å². The fraction of sp³-hybridized carbons (Fsp3) is 0.375. The van der Waals surface area contributed by atoms with E-state index >= 15 is 0 Å². The molecule has 1 aliphatic rings. The average Bonchev–Trinajstić information content (AvgIpc) is 2.70. The predicted octanol–water partition coefficient (Wildman–Crippen LogP) is 3.71. The molecule has 1 fully saturated rings. The average molecular weight is 226 g/mol. The van der Waals surface area contributed by atoms with Crippen LogP contribution in [0.25, 0.3) is 10.8 Å². The SMILES string of the molecule is CC1C(O)CCC1c1ccc2ccccc2c1. The van der Waals surface area contributed by atoms with E-state index in [-0.39, 0.29) is 6.10 Å².